The fourth-order valence-electron chi connectivity index (χ4n) is 3.34. The second-order valence-corrected chi connectivity index (χ2v) is 7.84. The molecule has 0 bridgehead atoms. The molecule has 2 aromatic carbocycles. The first kappa shape index (κ1) is 18.6. The van der Waals surface area contributed by atoms with E-state index >= 15 is 0 Å². The quantitative estimate of drug-likeness (QED) is 0.766. The van der Waals surface area contributed by atoms with Crippen molar-refractivity contribution in [2.45, 2.75) is 42.4 Å². The number of thioether (sulfide) groups is 1. The molecular formula is C21H25NO3S. The molecule has 1 N–H and O–H groups in total. The van der Waals surface area contributed by atoms with E-state index in [1.54, 1.807) is 14.2 Å². The Morgan fingerprint density at radius 3 is 2.69 bits per heavy atom. The van der Waals surface area contributed by atoms with Crippen LogP contribution in [0.5, 0.6) is 11.5 Å². The van der Waals surface area contributed by atoms with Crippen LogP contribution in [0.25, 0.3) is 0 Å². The predicted octanol–water partition coefficient (Wildman–Crippen LogP) is 4.38. The molecule has 2 atom stereocenters. The van der Waals surface area contributed by atoms with Crippen molar-refractivity contribution in [3.63, 3.8) is 0 Å². The highest BCUT2D eigenvalue weighted by Crippen LogP contribution is 2.34. The third-order valence-corrected chi connectivity index (χ3v) is 5.82. The first-order valence-electron chi connectivity index (χ1n) is 8.89. The van der Waals surface area contributed by atoms with E-state index < -0.39 is 0 Å². The molecule has 1 aliphatic rings. The van der Waals surface area contributed by atoms with E-state index in [-0.39, 0.29) is 17.2 Å². The van der Waals surface area contributed by atoms with Gasteiger partial charge < -0.3 is 14.8 Å². The van der Waals surface area contributed by atoms with Crippen molar-refractivity contribution in [1.29, 1.82) is 0 Å². The molecule has 4 nitrogen and oxygen atoms in total. The monoisotopic (exact) mass is 371 g/mol. The Morgan fingerprint density at radius 2 is 1.92 bits per heavy atom. The van der Waals surface area contributed by atoms with Gasteiger partial charge in [0, 0.05) is 4.90 Å². The minimum absolute atomic E-state index is 0.0616. The SMILES string of the molecule is COc1ccc(S[C@H](C)C(=O)N[C@@H]2CCCc3ccccc32)cc1OC. The number of methoxy groups -OCH3 is 2. The van der Waals surface area contributed by atoms with Crippen LogP contribution in [0.4, 0.5) is 0 Å². The summed E-state index contributed by atoms with van der Waals surface area (Å²) in [5.41, 5.74) is 2.61. The smallest absolute Gasteiger partial charge is 0.233 e. The van der Waals surface area contributed by atoms with Gasteiger partial charge in [-0.1, -0.05) is 24.3 Å². The number of fused-ring (bicyclic) bond motifs is 1. The van der Waals surface area contributed by atoms with Crippen molar-refractivity contribution in [2.24, 2.45) is 0 Å². The van der Waals surface area contributed by atoms with E-state index in [1.165, 1.54) is 22.9 Å². The summed E-state index contributed by atoms with van der Waals surface area (Å²) in [7, 11) is 3.23. The number of amides is 1. The Hall–Kier alpha value is -2.14. The standard InChI is InChI=1S/C21H25NO3S/c1-14(26-16-11-12-19(24-2)20(13-16)25-3)21(23)22-18-10-6-8-15-7-4-5-9-17(15)18/h4-5,7,9,11-14,18H,6,8,10H2,1-3H3,(H,22,23)/t14-,18-/m1/s1. The summed E-state index contributed by atoms with van der Waals surface area (Å²) in [6.07, 6.45) is 3.20. The van der Waals surface area contributed by atoms with Gasteiger partial charge in [-0.3, -0.25) is 4.79 Å². The third-order valence-electron chi connectivity index (χ3n) is 4.72. The van der Waals surface area contributed by atoms with Crippen LogP contribution in [0.3, 0.4) is 0 Å². The minimum atomic E-state index is -0.192. The van der Waals surface area contributed by atoms with Crippen LogP contribution in [0.15, 0.2) is 47.4 Å². The van der Waals surface area contributed by atoms with Crippen molar-refractivity contribution >= 4 is 17.7 Å². The maximum absolute atomic E-state index is 12.7. The molecule has 0 fully saturated rings. The lowest BCUT2D eigenvalue weighted by Crippen LogP contribution is -2.35. The summed E-state index contributed by atoms with van der Waals surface area (Å²) in [6, 6.07) is 14.2. The van der Waals surface area contributed by atoms with Crippen LogP contribution in [0.2, 0.25) is 0 Å². The number of rotatable bonds is 6. The van der Waals surface area contributed by atoms with Gasteiger partial charge in [0.2, 0.25) is 5.91 Å². The number of aryl methyl sites for hydroxylation is 1. The van der Waals surface area contributed by atoms with Crippen molar-refractivity contribution in [3.8, 4) is 11.5 Å². The zero-order valence-corrected chi connectivity index (χ0v) is 16.3. The minimum Gasteiger partial charge on any atom is -0.493 e. The molecule has 3 rings (SSSR count). The van der Waals surface area contributed by atoms with Crippen molar-refractivity contribution in [3.05, 3.63) is 53.6 Å². The second-order valence-electron chi connectivity index (χ2n) is 6.43. The normalized spacial score (nSPS) is 17.1. The topological polar surface area (TPSA) is 47.6 Å². The number of carbonyl (C=O) groups is 1. The van der Waals surface area contributed by atoms with Crippen LogP contribution in [0, 0.1) is 0 Å². The number of hydrogen-bond donors (Lipinski definition) is 1. The van der Waals surface area contributed by atoms with Crippen LogP contribution in [-0.4, -0.2) is 25.4 Å². The van der Waals surface area contributed by atoms with Crippen LogP contribution in [0.1, 0.15) is 36.9 Å². The molecule has 0 spiro atoms. The Labute approximate surface area is 159 Å². The molecule has 1 aliphatic carbocycles. The van der Waals surface area contributed by atoms with Crippen LogP contribution in [-0.2, 0) is 11.2 Å². The Bertz CT molecular complexity index is 778. The van der Waals surface area contributed by atoms with E-state index in [0.717, 1.165) is 24.2 Å². The zero-order chi connectivity index (χ0) is 18.5. The summed E-state index contributed by atoms with van der Waals surface area (Å²) in [5.74, 6) is 1.42. The van der Waals surface area contributed by atoms with Gasteiger partial charge in [0.15, 0.2) is 11.5 Å². The molecule has 5 heteroatoms. The van der Waals surface area contributed by atoms with Gasteiger partial charge in [0.05, 0.1) is 25.5 Å². The molecule has 1 amide bonds. The highest BCUT2D eigenvalue weighted by molar-refractivity contribution is 8.00. The van der Waals surface area contributed by atoms with Crippen LogP contribution >= 0.6 is 11.8 Å². The average molecular weight is 372 g/mol. The van der Waals surface area contributed by atoms with Gasteiger partial charge in [-0.15, -0.1) is 11.8 Å². The van der Waals surface area contributed by atoms with Crippen molar-refractivity contribution < 1.29 is 14.3 Å². The second kappa shape index (κ2) is 8.49. The highest BCUT2D eigenvalue weighted by Gasteiger charge is 2.24. The van der Waals surface area contributed by atoms with E-state index in [4.69, 9.17) is 9.47 Å². The van der Waals surface area contributed by atoms with E-state index in [9.17, 15) is 4.79 Å². The molecule has 0 aromatic heterocycles. The van der Waals surface area contributed by atoms with E-state index in [0.29, 0.717) is 11.5 Å². The largest absolute Gasteiger partial charge is 0.493 e. The molecule has 0 saturated carbocycles. The number of carbonyl (C=O) groups excluding carboxylic acids is 1. The molecule has 0 radical (unpaired) electrons. The van der Waals surface area contributed by atoms with E-state index in [1.807, 2.05) is 31.2 Å². The fourth-order valence-corrected chi connectivity index (χ4v) is 4.25. The Kier molecular flexibility index (Phi) is 6.09. The van der Waals surface area contributed by atoms with Gasteiger partial charge in [0.1, 0.15) is 0 Å². The zero-order valence-electron chi connectivity index (χ0n) is 15.5. The molecule has 138 valence electrons. The summed E-state index contributed by atoms with van der Waals surface area (Å²) >= 11 is 1.52. The lowest BCUT2D eigenvalue weighted by atomic mass is 9.88. The number of ether oxygens (including phenoxy) is 2. The predicted molar refractivity (Wildman–Crippen MR) is 105 cm³/mol. The highest BCUT2D eigenvalue weighted by atomic mass is 32.2. The average Bonchev–Trinajstić information content (AvgIpc) is 2.68. The molecule has 26 heavy (non-hydrogen) atoms. The van der Waals surface area contributed by atoms with Crippen molar-refractivity contribution in [1.82, 2.24) is 5.32 Å². The molecule has 0 unspecified atom stereocenters. The summed E-state index contributed by atoms with van der Waals surface area (Å²) in [5, 5.41) is 3.04. The van der Waals surface area contributed by atoms with Gasteiger partial charge in [-0.05, 0) is 55.5 Å². The lowest BCUT2D eigenvalue weighted by Gasteiger charge is -2.27. The number of hydrogen-bond acceptors (Lipinski definition) is 4. The summed E-state index contributed by atoms with van der Waals surface area (Å²) in [4.78, 5) is 13.7. The summed E-state index contributed by atoms with van der Waals surface area (Å²) in [6.45, 7) is 1.94. The first-order chi connectivity index (χ1) is 12.6. The first-order valence-corrected chi connectivity index (χ1v) is 9.77. The molecular weight excluding hydrogens is 346 g/mol. The molecule has 0 saturated heterocycles. The van der Waals surface area contributed by atoms with Gasteiger partial charge in [-0.2, -0.15) is 0 Å². The molecule has 0 aliphatic heterocycles. The van der Waals surface area contributed by atoms with Gasteiger partial charge in [-0.25, -0.2) is 0 Å². The number of benzene rings is 2. The fraction of sp³-hybridized carbons (Fsp3) is 0.381. The summed E-state index contributed by atoms with van der Waals surface area (Å²) < 4.78 is 10.6. The molecule has 0 heterocycles. The maximum Gasteiger partial charge on any atom is 0.233 e. The Morgan fingerprint density at radius 1 is 1.15 bits per heavy atom. The van der Waals surface area contributed by atoms with Gasteiger partial charge >= 0.3 is 0 Å². The lowest BCUT2D eigenvalue weighted by molar-refractivity contribution is -0.121. The van der Waals surface area contributed by atoms with Crippen molar-refractivity contribution in [2.75, 3.05) is 14.2 Å². The third kappa shape index (κ3) is 4.15. The van der Waals surface area contributed by atoms with Crippen LogP contribution < -0.4 is 14.8 Å². The number of nitrogens with one attached hydrogen (secondary N) is 1. The van der Waals surface area contributed by atoms with Gasteiger partial charge in [0.25, 0.3) is 0 Å². The molecule has 2 aromatic rings. The Balaban J connectivity index is 1.66. The van der Waals surface area contributed by atoms with E-state index in [2.05, 4.69) is 23.5 Å². The maximum atomic E-state index is 12.7.